The highest BCUT2D eigenvalue weighted by atomic mass is 35.5. The number of rotatable bonds is 5. The zero-order valence-electron chi connectivity index (χ0n) is 14.8. The van der Waals surface area contributed by atoms with Gasteiger partial charge in [0.05, 0.1) is 22.8 Å². The van der Waals surface area contributed by atoms with E-state index in [9.17, 15) is 4.79 Å². The first-order valence-corrected chi connectivity index (χ1v) is 10.3. The fraction of sp³-hybridized carbons (Fsp3) is 0.550. The smallest absolute Gasteiger partial charge is 0.145 e. The molecule has 3 atom stereocenters. The molecule has 2 unspecified atom stereocenters. The highest BCUT2D eigenvalue weighted by Crippen LogP contribution is 2.46. The van der Waals surface area contributed by atoms with Crippen molar-refractivity contribution in [2.45, 2.75) is 57.2 Å². The van der Waals surface area contributed by atoms with Crippen LogP contribution in [0.3, 0.4) is 0 Å². The van der Waals surface area contributed by atoms with Gasteiger partial charge in [0.15, 0.2) is 0 Å². The summed E-state index contributed by atoms with van der Waals surface area (Å²) in [4.78, 5) is 16.1. The molecular formula is C20H20Cl2N2O3. The normalized spacial score (nSPS) is 27.3. The number of ketones is 1. The second-order valence-corrected chi connectivity index (χ2v) is 8.72. The molecule has 5 rings (SSSR count). The van der Waals surface area contributed by atoms with Crippen molar-refractivity contribution in [1.82, 2.24) is 10.1 Å². The predicted octanol–water partition coefficient (Wildman–Crippen LogP) is 5.20. The molecule has 142 valence electrons. The summed E-state index contributed by atoms with van der Waals surface area (Å²) in [6.45, 7) is 0.401. The molecule has 0 spiro atoms. The minimum atomic E-state index is 0.110. The maximum Gasteiger partial charge on any atom is 0.145 e. The van der Waals surface area contributed by atoms with Crippen LogP contribution in [0.5, 0.6) is 0 Å². The van der Waals surface area contributed by atoms with E-state index in [-0.39, 0.29) is 17.9 Å². The molecule has 0 aliphatic heterocycles. The van der Waals surface area contributed by atoms with Gasteiger partial charge in [-0.05, 0) is 38.5 Å². The fourth-order valence-electron chi connectivity index (χ4n) is 4.52. The molecule has 3 aliphatic carbocycles. The third-order valence-electron chi connectivity index (χ3n) is 6.08. The van der Waals surface area contributed by atoms with Gasteiger partial charge in [0.2, 0.25) is 0 Å². The van der Waals surface area contributed by atoms with Crippen LogP contribution in [-0.2, 0) is 16.1 Å². The lowest BCUT2D eigenvalue weighted by Gasteiger charge is -2.26. The van der Waals surface area contributed by atoms with Crippen molar-refractivity contribution in [3.05, 3.63) is 33.8 Å². The Labute approximate surface area is 167 Å². The van der Waals surface area contributed by atoms with Gasteiger partial charge in [0.25, 0.3) is 0 Å². The van der Waals surface area contributed by atoms with Gasteiger partial charge >= 0.3 is 0 Å². The standard InChI is InChI=1S/C20H20Cl2N2O3/c21-15-7-23-8-16(22)17(15)18-14(20(27-24-18)10-1-2-10)9-26-13-5-11-3-4-12(6-13)19(11)25/h7-8,10-13H,1-6,9H2/t11-,12?,13?/m0/s1. The Bertz CT molecular complexity index is 857. The fourth-order valence-corrected chi connectivity index (χ4v) is 5.06. The second-order valence-electron chi connectivity index (χ2n) is 7.90. The molecule has 0 amide bonds. The maximum atomic E-state index is 12.1. The SMILES string of the molecule is O=C1C2CC[C@H]1CC(OCc1c(-c3c(Cl)cncc3Cl)noc1C1CC1)C2. The first-order chi connectivity index (χ1) is 13.1. The van der Waals surface area contributed by atoms with Gasteiger partial charge < -0.3 is 9.26 Å². The number of hydrogen-bond acceptors (Lipinski definition) is 5. The number of carbonyl (C=O) groups is 1. The second kappa shape index (κ2) is 6.87. The first kappa shape index (κ1) is 17.7. The first-order valence-electron chi connectivity index (χ1n) is 9.55. The third-order valence-corrected chi connectivity index (χ3v) is 6.66. The zero-order chi connectivity index (χ0) is 18.5. The molecule has 2 aromatic heterocycles. The van der Waals surface area contributed by atoms with E-state index in [1.165, 1.54) is 0 Å². The Kier molecular flexibility index (Phi) is 4.49. The van der Waals surface area contributed by atoms with Crippen LogP contribution < -0.4 is 0 Å². The highest BCUT2D eigenvalue weighted by molar-refractivity contribution is 6.38. The Balaban J connectivity index is 1.42. The summed E-state index contributed by atoms with van der Waals surface area (Å²) in [5.41, 5.74) is 2.21. The average molecular weight is 407 g/mol. The Morgan fingerprint density at radius 3 is 2.30 bits per heavy atom. The van der Waals surface area contributed by atoms with E-state index in [1.807, 2.05) is 0 Å². The van der Waals surface area contributed by atoms with E-state index >= 15 is 0 Å². The molecule has 0 aromatic carbocycles. The summed E-state index contributed by atoms with van der Waals surface area (Å²) in [6.07, 6.45) is 9.10. The van der Waals surface area contributed by atoms with E-state index in [4.69, 9.17) is 32.5 Å². The van der Waals surface area contributed by atoms with Gasteiger partial charge in [0, 0.05) is 41.3 Å². The molecule has 3 aliphatic rings. The molecule has 3 fully saturated rings. The van der Waals surface area contributed by atoms with Crippen molar-refractivity contribution < 1.29 is 14.1 Å². The lowest BCUT2D eigenvalue weighted by molar-refractivity contribution is -0.130. The molecule has 0 saturated heterocycles. The van der Waals surface area contributed by atoms with Gasteiger partial charge in [-0.2, -0.15) is 0 Å². The Hall–Kier alpha value is -1.43. The molecule has 7 heteroatoms. The molecule has 2 aromatic rings. The number of halogens is 2. The van der Waals surface area contributed by atoms with Crippen molar-refractivity contribution in [2.75, 3.05) is 0 Å². The van der Waals surface area contributed by atoms with Crippen molar-refractivity contribution in [3.63, 3.8) is 0 Å². The lowest BCUT2D eigenvalue weighted by Crippen LogP contribution is -2.30. The Morgan fingerprint density at radius 2 is 1.67 bits per heavy atom. The number of Topliss-reactive ketones (excluding diaryl/α,β-unsaturated/α-hetero) is 1. The minimum Gasteiger partial charge on any atom is -0.373 e. The van der Waals surface area contributed by atoms with E-state index in [0.29, 0.717) is 39.6 Å². The summed E-state index contributed by atoms with van der Waals surface area (Å²) in [7, 11) is 0. The number of pyridine rings is 1. The number of nitrogens with zero attached hydrogens (tertiary/aromatic N) is 2. The van der Waals surface area contributed by atoms with E-state index < -0.39 is 0 Å². The summed E-state index contributed by atoms with van der Waals surface area (Å²) in [5.74, 6) is 2.08. The van der Waals surface area contributed by atoms with Crippen LogP contribution in [0.15, 0.2) is 16.9 Å². The average Bonchev–Trinajstić information content (AvgIpc) is 3.38. The molecule has 5 nitrogen and oxygen atoms in total. The van der Waals surface area contributed by atoms with E-state index in [1.54, 1.807) is 12.4 Å². The number of aromatic nitrogens is 2. The number of hydrogen-bond donors (Lipinski definition) is 0. The van der Waals surface area contributed by atoms with Crippen LogP contribution in [0, 0.1) is 11.8 Å². The van der Waals surface area contributed by atoms with Gasteiger partial charge in [-0.15, -0.1) is 0 Å². The molecule has 2 heterocycles. The lowest BCUT2D eigenvalue weighted by atomic mass is 9.86. The molecule has 27 heavy (non-hydrogen) atoms. The molecular weight excluding hydrogens is 387 g/mol. The van der Waals surface area contributed by atoms with Crippen molar-refractivity contribution >= 4 is 29.0 Å². The Morgan fingerprint density at radius 1 is 1.04 bits per heavy atom. The van der Waals surface area contributed by atoms with E-state index in [2.05, 4.69) is 10.1 Å². The van der Waals surface area contributed by atoms with Gasteiger partial charge in [-0.3, -0.25) is 9.78 Å². The zero-order valence-corrected chi connectivity index (χ0v) is 16.3. The quantitative estimate of drug-likeness (QED) is 0.682. The monoisotopic (exact) mass is 406 g/mol. The summed E-state index contributed by atoms with van der Waals surface area (Å²) in [6, 6.07) is 0. The number of ether oxygens (including phenoxy) is 1. The topological polar surface area (TPSA) is 65.2 Å². The summed E-state index contributed by atoms with van der Waals surface area (Å²) >= 11 is 12.7. The number of fused-ring (bicyclic) bond motifs is 2. The molecule has 0 radical (unpaired) electrons. The van der Waals surface area contributed by atoms with E-state index in [0.717, 1.165) is 49.8 Å². The van der Waals surface area contributed by atoms with Gasteiger partial charge in [-0.25, -0.2) is 0 Å². The number of carbonyl (C=O) groups excluding carboxylic acids is 1. The van der Waals surface area contributed by atoms with Crippen LogP contribution in [0.25, 0.3) is 11.3 Å². The van der Waals surface area contributed by atoms with Crippen LogP contribution in [0.2, 0.25) is 10.0 Å². The molecule has 0 N–H and O–H groups in total. The largest absolute Gasteiger partial charge is 0.373 e. The highest BCUT2D eigenvalue weighted by Gasteiger charge is 2.42. The van der Waals surface area contributed by atoms with Crippen LogP contribution in [0.4, 0.5) is 0 Å². The van der Waals surface area contributed by atoms with Crippen molar-refractivity contribution in [2.24, 2.45) is 11.8 Å². The van der Waals surface area contributed by atoms with Crippen molar-refractivity contribution in [1.29, 1.82) is 0 Å². The molecule has 3 saturated carbocycles. The summed E-state index contributed by atoms with van der Waals surface area (Å²) in [5, 5.41) is 5.17. The maximum absolute atomic E-state index is 12.1. The minimum absolute atomic E-state index is 0.110. The van der Waals surface area contributed by atoms with Crippen LogP contribution in [-0.4, -0.2) is 22.0 Å². The molecule has 2 bridgehead atoms. The van der Waals surface area contributed by atoms with Crippen LogP contribution in [0.1, 0.15) is 55.8 Å². The van der Waals surface area contributed by atoms with Gasteiger partial charge in [0.1, 0.15) is 17.2 Å². The van der Waals surface area contributed by atoms with Crippen LogP contribution >= 0.6 is 23.2 Å². The third kappa shape index (κ3) is 3.20. The predicted molar refractivity (Wildman–Crippen MR) is 101 cm³/mol. The van der Waals surface area contributed by atoms with Gasteiger partial charge in [-0.1, -0.05) is 28.4 Å². The summed E-state index contributed by atoms with van der Waals surface area (Å²) < 4.78 is 11.9. The van der Waals surface area contributed by atoms with Crippen molar-refractivity contribution in [3.8, 4) is 11.3 Å².